The molecule has 0 saturated heterocycles. The Morgan fingerprint density at radius 2 is 1.72 bits per heavy atom. The second-order valence-corrected chi connectivity index (χ2v) is 3.83. The number of hydrogen-bond donors (Lipinski definition) is 0. The average molecular weight is 251 g/mol. The molecule has 18 heavy (non-hydrogen) atoms. The fourth-order valence-electron chi connectivity index (χ4n) is 1.22. The van der Waals surface area contributed by atoms with E-state index in [4.69, 9.17) is 0 Å². The Morgan fingerprint density at radius 3 is 2.06 bits per heavy atom. The molecular weight excluding hydrogens is 218 g/mol. The van der Waals surface area contributed by atoms with E-state index in [0.29, 0.717) is 6.04 Å². The van der Waals surface area contributed by atoms with Crippen molar-refractivity contribution in [3.05, 3.63) is 49.6 Å². The highest BCUT2D eigenvalue weighted by atomic mass is 15.1. The number of allylic oxidation sites excluding steroid dienone is 5. The van der Waals surface area contributed by atoms with Crippen LogP contribution >= 0.6 is 0 Å². The zero-order chi connectivity index (χ0) is 15.0. The van der Waals surface area contributed by atoms with Gasteiger partial charge in [-0.3, -0.25) is 0 Å². The summed E-state index contributed by atoms with van der Waals surface area (Å²) < 4.78 is 0. The summed E-state index contributed by atoms with van der Waals surface area (Å²) >= 11 is 0. The maximum Gasteiger partial charge on any atom is 0.00640 e. The molecule has 0 spiro atoms. The van der Waals surface area contributed by atoms with Crippen molar-refractivity contribution in [2.75, 3.05) is 14.1 Å². The van der Waals surface area contributed by atoms with Gasteiger partial charge in [-0.15, -0.1) is 13.2 Å². The zero-order valence-corrected chi connectivity index (χ0v) is 13.4. The van der Waals surface area contributed by atoms with Gasteiger partial charge in [0, 0.05) is 6.04 Å². The van der Waals surface area contributed by atoms with Gasteiger partial charge in [0.05, 0.1) is 0 Å². The summed E-state index contributed by atoms with van der Waals surface area (Å²) in [6.07, 6.45) is 10.5. The van der Waals surface area contributed by atoms with Crippen molar-refractivity contribution in [3.8, 4) is 0 Å². The molecule has 0 aromatic heterocycles. The van der Waals surface area contributed by atoms with Crippen LogP contribution in [0.2, 0.25) is 0 Å². The van der Waals surface area contributed by atoms with Crippen LogP contribution in [0.25, 0.3) is 0 Å². The molecule has 0 amide bonds. The van der Waals surface area contributed by atoms with E-state index < -0.39 is 0 Å². The normalized spacial score (nSPS) is 12.3. The lowest BCUT2D eigenvalue weighted by molar-refractivity contribution is 0.299. The van der Waals surface area contributed by atoms with Crippen molar-refractivity contribution in [1.29, 1.82) is 0 Å². The fourth-order valence-corrected chi connectivity index (χ4v) is 1.22. The maximum atomic E-state index is 3.72. The minimum absolute atomic E-state index is 0.633. The molecule has 0 aromatic carbocycles. The van der Waals surface area contributed by atoms with Gasteiger partial charge in [0.2, 0.25) is 0 Å². The van der Waals surface area contributed by atoms with Gasteiger partial charge >= 0.3 is 0 Å². The van der Waals surface area contributed by atoms with Crippen LogP contribution in [-0.4, -0.2) is 25.0 Å². The van der Waals surface area contributed by atoms with Crippen molar-refractivity contribution in [1.82, 2.24) is 4.90 Å². The molecule has 106 valence electrons. The van der Waals surface area contributed by atoms with E-state index in [1.54, 1.807) is 0 Å². The summed E-state index contributed by atoms with van der Waals surface area (Å²) in [5, 5.41) is 0. The van der Waals surface area contributed by atoms with Crippen molar-refractivity contribution in [2.45, 2.75) is 46.6 Å². The minimum atomic E-state index is 0.633. The summed E-state index contributed by atoms with van der Waals surface area (Å²) in [6.45, 7) is 18.0. The molecule has 0 heterocycles. The molecule has 0 aliphatic heterocycles. The Balaban J connectivity index is -0.000000506. The number of rotatable bonds is 6. The second-order valence-electron chi connectivity index (χ2n) is 3.83. The third kappa shape index (κ3) is 14.9. The van der Waals surface area contributed by atoms with Crippen molar-refractivity contribution >= 4 is 0 Å². The molecule has 0 rings (SSSR count). The van der Waals surface area contributed by atoms with E-state index in [9.17, 15) is 0 Å². The third-order valence-electron chi connectivity index (χ3n) is 2.45. The molecule has 0 aliphatic rings. The van der Waals surface area contributed by atoms with E-state index in [-0.39, 0.29) is 0 Å². The van der Waals surface area contributed by atoms with Crippen LogP contribution in [0, 0.1) is 0 Å². The molecule has 0 aliphatic carbocycles. The van der Waals surface area contributed by atoms with E-state index in [0.717, 1.165) is 6.42 Å². The molecule has 0 saturated carbocycles. The first-order valence-corrected chi connectivity index (χ1v) is 6.72. The van der Waals surface area contributed by atoms with Crippen LogP contribution in [0.4, 0.5) is 0 Å². The van der Waals surface area contributed by atoms with Gasteiger partial charge in [-0.25, -0.2) is 0 Å². The molecule has 0 N–H and O–H groups in total. The summed E-state index contributed by atoms with van der Waals surface area (Å²) in [5.41, 5.74) is 1.36. The average Bonchev–Trinajstić information content (AvgIpc) is 2.40. The van der Waals surface area contributed by atoms with Gasteiger partial charge < -0.3 is 4.90 Å². The standard InChI is InChI=1S/C13H23N.C2H6.C2H4/c1-6-8-13(9-7-2)11-10-12(3)14(4)5;2*1-2/h6-9,12H,1,10-11H2,2-5H3;1-2H3;1-2H2/b9-7-,13-8+;;. The first-order valence-electron chi connectivity index (χ1n) is 6.72. The molecule has 1 atom stereocenters. The highest BCUT2D eigenvalue weighted by Gasteiger charge is 2.04. The largest absolute Gasteiger partial charge is 0.307 e. The van der Waals surface area contributed by atoms with Crippen LogP contribution < -0.4 is 0 Å². The SMILES string of the molecule is C=C.C=C/C=C(\C=C/C)CCC(C)N(C)C.CC. The van der Waals surface area contributed by atoms with Crippen LogP contribution in [0.15, 0.2) is 49.6 Å². The number of nitrogens with zero attached hydrogens (tertiary/aromatic N) is 1. The van der Waals surface area contributed by atoms with Gasteiger partial charge in [0.1, 0.15) is 0 Å². The van der Waals surface area contributed by atoms with Gasteiger partial charge in [-0.1, -0.05) is 44.7 Å². The predicted molar refractivity (Wildman–Crippen MR) is 88.1 cm³/mol. The highest BCUT2D eigenvalue weighted by Crippen LogP contribution is 2.11. The monoisotopic (exact) mass is 251 g/mol. The Bertz CT molecular complexity index is 224. The quantitative estimate of drug-likeness (QED) is 0.461. The van der Waals surface area contributed by atoms with Crippen LogP contribution in [0.5, 0.6) is 0 Å². The van der Waals surface area contributed by atoms with Crippen LogP contribution in [0.1, 0.15) is 40.5 Å². The molecule has 0 fully saturated rings. The zero-order valence-electron chi connectivity index (χ0n) is 13.4. The van der Waals surface area contributed by atoms with E-state index in [1.807, 2.05) is 26.8 Å². The lowest BCUT2D eigenvalue weighted by Gasteiger charge is -2.19. The molecular formula is C17H33N. The lowest BCUT2D eigenvalue weighted by atomic mass is 10.1. The highest BCUT2D eigenvalue weighted by molar-refractivity contribution is 5.22. The Morgan fingerprint density at radius 1 is 1.22 bits per heavy atom. The van der Waals surface area contributed by atoms with Gasteiger partial charge in [-0.05, 0) is 46.4 Å². The smallest absolute Gasteiger partial charge is 0.00640 e. The Kier molecular flexibility index (Phi) is 22.5. The van der Waals surface area contributed by atoms with Gasteiger partial charge in [0.25, 0.3) is 0 Å². The second kappa shape index (κ2) is 18.3. The van der Waals surface area contributed by atoms with Crippen LogP contribution in [-0.2, 0) is 0 Å². The van der Waals surface area contributed by atoms with Gasteiger partial charge in [0.15, 0.2) is 0 Å². The topological polar surface area (TPSA) is 3.24 Å². The summed E-state index contributed by atoms with van der Waals surface area (Å²) in [5.74, 6) is 0. The number of hydrogen-bond acceptors (Lipinski definition) is 1. The molecule has 1 nitrogen and oxygen atoms in total. The lowest BCUT2D eigenvalue weighted by Crippen LogP contribution is -2.24. The molecule has 0 bridgehead atoms. The van der Waals surface area contributed by atoms with E-state index >= 15 is 0 Å². The Hall–Kier alpha value is -1.08. The van der Waals surface area contributed by atoms with Crippen molar-refractivity contribution < 1.29 is 0 Å². The molecule has 1 heteroatoms. The van der Waals surface area contributed by atoms with Gasteiger partial charge in [-0.2, -0.15) is 0 Å². The van der Waals surface area contributed by atoms with E-state index in [1.165, 1.54) is 12.0 Å². The van der Waals surface area contributed by atoms with E-state index in [2.05, 4.69) is 63.9 Å². The minimum Gasteiger partial charge on any atom is -0.307 e. The fraction of sp³-hybridized carbons (Fsp3) is 0.529. The Labute approximate surface area is 116 Å². The molecule has 1 unspecified atom stereocenters. The third-order valence-corrected chi connectivity index (χ3v) is 2.45. The predicted octanol–water partition coefficient (Wildman–Crippen LogP) is 5.23. The molecule has 0 aromatic rings. The first kappa shape index (κ1) is 22.1. The van der Waals surface area contributed by atoms with Crippen molar-refractivity contribution in [2.24, 2.45) is 0 Å². The summed E-state index contributed by atoms with van der Waals surface area (Å²) in [4.78, 5) is 2.25. The van der Waals surface area contributed by atoms with Crippen LogP contribution in [0.3, 0.4) is 0 Å². The maximum absolute atomic E-state index is 3.72. The van der Waals surface area contributed by atoms with Crippen molar-refractivity contribution in [3.63, 3.8) is 0 Å². The first-order chi connectivity index (χ1) is 8.61. The molecule has 0 radical (unpaired) electrons. The summed E-state index contributed by atoms with van der Waals surface area (Å²) in [7, 11) is 4.24. The summed E-state index contributed by atoms with van der Waals surface area (Å²) in [6, 6.07) is 0.633.